The van der Waals surface area contributed by atoms with Crippen LogP contribution >= 0.6 is 0 Å². The van der Waals surface area contributed by atoms with Gasteiger partial charge in [-0.05, 0) is 30.3 Å². The SMILES string of the molecule is CN(C)c1ccc(N=Nc2ccccc2[N+](=O)[O-])cc1. The van der Waals surface area contributed by atoms with E-state index in [9.17, 15) is 10.1 Å². The molecule has 6 heteroatoms. The Morgan fingerprint density at radius 3 is 2.25 bits per heavy atom. The van der Waals surface area contributed by atoms with Gasteiger partial charge in [-0.25, -0.2) is 0 Å². The Morgan fingerprint density at radius 2 is 1.65 bits per heavy atom. The van der Waals surface area contributed by atoms with Gasteiger partial charge in [0.05, 0.1) is 10.6 Å². The fourth-order valence-electron chi connectivity index (χ4n) is 1.63. The van der Waals surface area contributed by atoms with E-state index in [1.165, 1.54) is 6.07 Å². The molecule has 0 unspecified atom stereocenters. The normalized spacial score (nSPS) is 10.7. The first-order valence-corrected chi connectivity index (χ1v) is 6.00. The van der Waals surface area contributed by atoms with Gasteiger partial charge >= 0.3 is 0 Å². The summed E-state index contributed by atoms with van der Waals surface area (Å²) >= 11 is 0. The van der Waals surface area contributed by atoms with E-state index in [1.807, 2.05) is 43.3 Å². The molecule has 0 aromatic heterocycles. The topological polar surface area (TPSA) is 71.1 Å². The lowest BCUT2D eigenvalue weighted by Gasteiger charge is -2.11. The van der Waals surface area contributed by atoms with Gasteiger partial charge in [0.25, 0.3) is 5.69 Å². The zero-order valence-corrected chi connectivity index (χ0v) is 11.2. The average molecular weight is 270 g/mol. The van der Waals surface area contributed by atoms with Crippen LogP contribution in [0.25, 0.3) is 0 Å². The van der Waals surface area contributed by atoms with E-state index in [-0.39, 0.29) is 11.4 Å². The van der Waals surface area contributed by atoms with Crippen molar-refractivity contribution in [2.24, 2.45) is 10.2 Å². The van der Waals surface area contributed by atoms with Crippen LogP contribution in [0.15, 0.2) is 58.8 Å². The van der Waals surface area contributed by atoms with Crippen molar-refractivity contribution in [3.63, 3.8) is 0 Å². The second-order valence-corrected chi connectivity index (χ2v) is 4.36. The minimum Gasteiger partial charge on any atom is -0.378 e. The first-order valence-electron chi connectivity index (χ1n) is 6.00. The largest absolute Gasteiger partial charge is 0.378 e. The highest BCUT2D eigenvalue weighted by Crippen LogP contribution is 2.28. The predicted molar refractivity (Wildman–Crippen MR) is 78.0 cm³/mol. The quantitative estimate of drug-likeness (QED) is 0.477. The summed E-state index contributed by atoms with van der Waals surface area (Å²) in [5.41, 5.74) is 1.89. The summed E-state index contributed by atoms with van der Waals surface area (Å²) in [4.78, 5) is 12.4. The van der Waals surface area contributed by atoms with Gasteiger partial charge in [-0.15, -0.1) is 5.11 Å². The first-order chi connectivity index (χ1) is 9.58. The molecular weight excluding hydrogens is 256 g/mol. The Morgan fingerprint density at radius 1 is 1.00 bits per heavy atom. The van der Waals surface area contributed by atoms with Crippen LogP contribution in [0.4, 0.5) is 22.7 Å². The van der Waals surface area contributed by atoms with Crippen molar-refractivity contribution in [1.82, 2.24) is 0 Å². The Balaban J connectivity index is 2.23. The molecule has 0 aliphatic rings. The smallest absolute Gasteiger partial charge is 0.296 e. The van der Waals surface area contributed by atoms with Crippen molar-refractivity contribution in [1.29, 1.82) is 0 Å². The molecule has 2 rings (SSSR count). The van der Waals surface area contributed by atoms with E-state index in [2.05, 4.69) is 10.2 Å². The number of nitro benzene ring substituents is 1. The number of hydrogen-bond acceptors (Lipinski definition) is 5. The number of nitrogens with zero attached hydrogens (tertiary/aromatic N) is 4. The van der Waals surface area contributed by atoms with E-state index in [4.69, 9.17) is 0 Å². The third-order valence-corrected chi connectivity index (χ3v) is 2.72. The van der Waals surface area contributed by atoms with Crippen molar-refractivity contribution in [3.8, 4) is 0 Å². The highest BCUT2D eigenvalue weighted by Gasteiger charge is 2.11. The number of rotatable bonds is 4. The molecular formula is C14H14N4O2. The maximum Gasteiger partial charge on any atom is 0.296 e. The van der Waals surface area contributed by atoms with E-state index < -0.39 is 4.92 Å². The molecule has 0 heterocycles. The summed E-state index contributed by atoms with van der Waals surface area (Å²) < 4.78 is 0. The molecule has 0 spiro atoms. The third kappa shape index (κ3) is 3.17. The highest BCUT2D eigenvalue weighted by molar-refractivity contribution is 5.57. The Bertz CT molecular complexity index is 636. The van der Waals surface area contributed by atoms with E-state index in [0.717, 1.165) is 5.69 Å². The number of hydrogen-bond donors (Lipinski definition) is 0. The molecule has 102 valence electrons. The molecule has 0 saturated carbocycles. The molecule has 0 saturated heterocycles. The van der Waals surface area contributed by atoms with Crippen LogP contribution in [0, 0.1) is 10.1 Å². The van der Waals surface area contributed by atoms with Crippen molar-refractivity contribution >= 4 is 22.7 Å². The van der Waals surface area contributed by atoms with Crippen molar-refractivity contribution in [2.75, 3.05) is 19.0 Å². The number of benzene rings is 2. The van der Waals surface area contributed by atoms with Gasteiger partial charge in [-0.1, -0.05) is 12.1 Å². The fourth-order valence-corrected chi connectivity index (χ4v) is 1.63. The molecule has 0 amide bonds. The van der Waals surface area contributed by atoms with Crippen LogP contribution in [-0.2, 0) is 0 Å². The molecule has 0 bridgehead atoms. The molecule has 0 radical (unpaired) electrons. The van der Waals surface area contributed by atoms with Gasteiger partial charge in [-0.3, -0.25) is 10.1 Å². The summed E-state index contributed by atoms with van der Waals surface area (Å²) in [6.07, 6.45) is 0. The van der Waals surface area contributed by atoms with Crippen LogP contribution < -0.4 is 4.90 Å². The number of anilines is 1. The summed E-state index contributed by atoms with van der Waals surface area (Å²) in [6.45, 7) is 0. The summed E-state index contributed by atoms with van der Waals surface area (Å²) in [6, 6.07) is 13.7. The fraction of sp³-hybridized carbons (Fsp3) is 0.143. The lowest BCUT2D eigenvalue weighted by Crippen LogP contribution is -2.07. The Kier molecular flexibility index (Phi) is 4.05. The van der Waals surface area contributed by atoms with Gasteiger partial charge in [0.2, 0.25) is 0 Å². The lowest BCUT2D eigenvalue weighted by molar-refractivity contribution is -0.384. The van der Waals surface area contributed by atoms with Gasteiger partial charge in [0, 0.05) is 25.8 Å². The average Bonchev–Trinajstić information content (AvgIpc) is 2.45. The van der Waals surface area contributed by atoms with Gasteiger partial charge < -0.3 is 4.90 Å². The molecule has 2 aromatic carbocycles. The minimum atomic E-state index is -0.469. The van der Waals surface area contributed by atoms with Crippen molar-refractivity contribution < 1.29 is 4.92 Å². The van der Waals surface area contributed by atoms with Gasteiger partial charge in [-0.2, -0.15) is 5.11 Å². The molecule has 2 aromatic rings. The predicted octanol–water partition coefficient (Wildman–Crippen LogP) is 4.08. The van der Waals surface area contributed by atoms with E-state index in [1.54, 1.807) is 18.2 Å². The Hall–Kier alpha value is -2.76. The van der Waals surface area contributed by atoms with Gasteiger partial charge in [0.1, 0.15) is 0 Å². The standard InChI is InChI=1S/C14H14N4O2/c1-17(2)12-9-7-11(8-10-12)15-16-13-5-3-4-6-14(13)18(19)20/h3-10H,1-2H3. The zero-order valence-electron chi connectivity index (χ0n) is 11.2. The van der Waals surface area contributed by atoms with Crippen LogP contribution in [0.1, 0.15) is 0 Å². The summed E-state index contributed by atoms with van der Waals surface area (Å²) in [5, 5.41) is 18.8. The number of para-hydroxylation sites is 1. The van der Waals surface area contributed by atoms with Crippen LogP contribution in [0.3, 0.4) is 0 Å². The third-order valence-electron chi connectivity index (χ3n) is 2.72. The van der Waals surface area contributed by atoms with E-state index in [0.29, 0.717) is 5.69 Å². The molecule has 0 atom stereocenters. The molecule has 0 N–H and O–H groups in total. The Labute approximate surface area is 116 Å². The number of nitro groups is 1. The van der Waals surface area contributed by atoms with Crippen molar-refractivity contribution in [2.45, 2.75) is 0 Å². The van der Waals surface area contributed by atoms with Gasteiger partial charge in [0.15, 0.2) is 5.69 Å². The monoisotopic (exact) mass is 270 g/mol. The maximum absolute atomic E-state index is 10.9. The van der Waals surface area contributed by atoms with Crippen LogP contribution in [0.2, 0.25) is 0 Å². The summed E-state index contributed by atoms with van der Waals surface area (Å²) in [7, 11) is 3.90. The van der Waals surface area contributed by atoms with Crippen LogP contribution in [0.5, 0.6) is 0 Å². The molecule has 0 aliphatic heterocycles. The second kappa shape index (κ2) is 5.92. The number of azo groups is 1. The molecule has 6 nitrogen and oxygen atoms in total. The summed E-state index contributed by atoms with van der Waals surface area (Å²) in [5.74, 6) is 0. The molecule has 0 aliphatic carbocycles. The highest BCUT2D eigenvalue weighted by atomic mass is 16.6. The van der Waals surface area contributed by atoms with E-state index >= 15 is 0 Å². The first kappa shape index (κ1) is 13.7. The minimum absolute atomic E-state index is 0.0545. The van der Waals surface area contributed by atoms with Crippen LogP contribution in [-0.4, -0.2) is 19.0 Å². The van der Waals surface area contributed by atoms with Crippen molar-refractivity contribution in [3.05, 3.63) is 58.6 Å². The lowest BCUT2D eigenvalue weighted by atomic mass is 10.3. The second-order valence-electron chi connectivity index (χ2n) is 4.36. The zero-order chi connectivity index (χ0) is 14.5. The maximum atomic E-state index is 10.9. The molecule has 20 heavy (non-hydrogen) atoms. The molecule has 0 fully saturated rings.